The number of aromatic nitrogens is 2. The second-order valence-corrected chi connectivity index (χ2v) is 2.19. The lowest BCUT2D eigenvalue weighted by atomic mass is 10.9. The molecule has 2 rings (SSSR count). The molecular formula is C5H2N2S. The molecule has 0 atom stereocenters. The molecule has 0 bridgehead atoms. The van der Waals surface area contributed by atoms with Crippen LogP contribution in [0, 0.1) is 11.6 Å². The summed E-state index contributed by atoms with van der Waals surface area (Å²) in [5.41, 5.74) is 0. The molecule has 0 aliphatic carbocycles. The first-order valence-electron chi connectivity index (χ1n) is 2.17. The SMILES string of the molecule is [c]1cn2[c]cnc2s1. The van der Waals surface area contributed by atoms with E-state index in [0.717, 1.165) is 4.96 Å². The fraction of sp³-hybridized carbons (Fsp3) is 0. The van der Waals surface area contributed by atoms with Gasteiger partial charge in [-0.1, -0.05) is 11.3 Å². The van der Waals surface area contributed by atoms with Crippen LogP contribution in [0.25, 0.3) is 4.96 Å². The molecular weight excluding hydrogens is 120 g/mol. The van der Waals surface area contributed by atoms with E-state index in [-0.39, 0.29) is 0 Å². The molecule has 2 radical (unpaired) electrons. The van der Waals surface area contributed by atoms with E-state index in [9.17, 15) is 0 Å². The Morgan fingerprint density at radius 1 is 1.75 bits per heavy atom. The quantitative estimate of drug-likeness (QED) is 0.509. The van der Waals surface area contributed by atoms with E-state index in [2.05, 4.69) is 16.6 Å². The van der Waals surface area contributed by atoms with Crippen LogP contribution < -0.4 is 0 Å². The van der Waals surface area contributed by atoms with Crippen LogP contribution in [0.2, 0.25) is 0 Å². The normalized spacial score (nSPS) is 10.5. The van der Waals surface area contributed by atoms with Crippen LogP contribution in [0.3, 0.4) is 0 Å². The first kappa shape index (κ1) is 4.09. The first-order valence-corrected chi connectivity index (χ1v) is 2.99. The van der Waals surface area contributed by atoms with Crippen LogP contribution in [-0.2, 0) is 0 Å². The van der Waals surface area contributed by atoms with Gasteiger partial charge in [-0.2, -0.15) is 0 Å². The maximum absolute atomic E-state index is 3.97. The van der Waals surface area contributed by atoms with Gasteiger partial charge in [0.05, 0.1) is 17.8 Å². The Labute approximate surface area is 50.4 Å². The van der Waals surface area contributed by atoms with E-state index in [0.29, 0.717) is 0 Å². The Kier molecular flexibility index (Phi) is 0.676. The zero-order valence-corrected chi connectivity index (χ0v) is 4.77. The highest BCUT2D eigenvalue weighted by Crippen LogP contribution is 2.05. The van der Waals surface area contributed by atoms with Crippen molar-refractivity contribution in [3.63, 3.8) is 0 Å². The summed E-state index contributed by atoms with van der Waals surface area (Å²) in [4.78, 5) is 4.92. The molecule has 2 aromatic heterocycles. The van der Waals surface area contributed by atoms with Crippen LogP contribution in [-0.4, -0.2) is 9.38 Å². The topological polar surface area (TPSA) is 17.3 Å². The molecule has 0 aromatic carbocycles. The summed E-state index contributed by atoms with van der Waals surface area (Å²) in [6.45, 7) is 0. The molecule has 0 amide bonds. The van der Waals surface area contributed by atoms with Gasteiger partial charge in [0.25, 0.3) is 0 Å². The number of thiazole rings is 1. The number of nitrogens with zero attached hydrogens (tertiary/aromatic N) is 2. The average molecular weight is 122 g/mol. The molecule has 3 heteroatoms. The van der Waals surface area contributed by atoms with Crippen molar-refractivity contribution in [1.29, 1.82) is 0 Å². The Morgan fingerprint density at radius 3 is 3.62 bits per heavy atom. The molecule has 0 aliphatic rings. The minimum Gasteiger partial charge on any atom is -0.288 e. The van der Waals surface area contributed by atoms with Crippen molar-refractivity contribution >= 4 is 16.3 Å². The molecule has 0 spiro atoms. The molecule has 0 unspecified atom stereocenters. The van der Waals surface area contributed by atoms with E-state index in [1.54, 1.807) is 6.20 Å². The van der Waals surface area contributed by atoms with Gasteiger partial charge in [0.15, 0.2) is 4.96 Å². The highest BCUT2D eigenvalue weighted by Gasteiger charge is 1.90. The largest absolute Gasteiger partial charge is 0.288 e. The smallest absolute Gasteiger partial charge is 0.194 e. The number of hydrogen-bond donors (Lipinski definition) is 0. The summed E-state index contributed by atoms with van der Waals surface area (Å²) in [5, 5.41) is 2.93. The number of imidazole rings is 1. The van der Waals surface area contributed by atoms with Crippen LogP contribution >= 0.6 is 11.3 Å². The van der Waals surface area contributed by atoms with Crippen LogP contribution in [0.15, 0.2) is 12.4 Å². The van der Waals surface area contributed by atoms with Crippen molar-refractivity contribution in [2.75, 3.05) is 0 Å². The molecule has 0 N–H and O–H groups in total. The molecule has 0 aliphatic heterocycles. The molecule has 8 heavy (non-hydrogen) atoms. The van der Waals surface area contributed by atoms with Gasteiger partial charge in [0.2, 0.25) is 0 Å². The minimum atomic E-state index is 0.949. The van der Waals surface area contributed by atoms with Crippen LogP contribution in [0.4, 0.5) is 0 Å². The van der Waals surface area contributed by atoms with Crippen LogP contribution in [0.1, 0.15) is 0 Å². The summed E-state index contributed by atoms with van der Waals surface area (Å²) in [6.07, 6.45) is 6.35. The van der Waals surface area contributed by atoms with E-state index >= 15 is 0 Å². The van der Waals surface area contributed by atoms with Crippen molar-refractivity contribution in [3.8, 4) is 0 Å². The highest BCUT2D eigenvalue weighted by molar-refractivity contribution is 7.14. The Bertz CT molecular complexity index is 232. The van der Waals surface area contributed by atoms with Gasteiger partial charge in [-0.15, -0.1) is 0 Å². The maximum atomic E-state index is 3.97. The molecule has 0 fully saturated rings. The van der Waals surface area contributed by atoms with E-state index < -0.39 is 0 Å². The van der Waals surface area contributed by atoms with Gasteiger partial charge in [-0.25, -0.2) is 4.98 Å². The summed E-state index contributed by atoms with van der Waals surface area (Å²) in [5.74, 6) is 0. The molecule has 2 nitrogen and oxygen atoms in total. The molecule has 2 aromatic rings. The van der Waals surface area contributed by atoms with E-state index in [1.165, 1.54) is 11.3 Å². The first-order chi connectivity index (χ1) is 3.97. The summed E-state index contributed by atoms with van der Waals surface area (Å²) >= 11 is 1.49. The van der Waals surface area contributed by atoms with Gasteiger partial charge in [-0.05, 0) is 0 Å². The number of fused-ring (bicyclic) bond motifs is 1. The predicted octanol–water partition coefficient (Wildman–Crippen LogP) is 0.996. The number of rotatable bonds is 0. The summed E-state index contributed by atoms with van der Waals surface area (Å²) in [7, 11) is 0. The van der Waals surface area contributed by atoms with Crippen molar-refractivity contribution in [3.05, 3.63) is 24.0 Å². The third kappa shape index (κ3) is 0.391. The van der Waals surface area contributed by atoms with E-state index in [4.69, 9.17) is 0 Å². The molecule has 2 heterocycles. The van der Waals surface area contributed by atoms with Crippen molar-refractivity contribution in [1.82, 2.24) is 9.38 Å². The van der Waals surface area contributed by atoms with Gasteiger partial charge >= 0.3 is 0 Å². The second-order valence-electron chi connectivity index (χ2n) is 1.39. The lowest BCUT2D eigenvalue weighted by molar-refractivity contribution is 1.22. The monoisotopic (exact) mass is 122 g/mol. The summed E-state index contributed by atoms with van der Waals surface area (Å²) < 4.78 is 1.81. The Hall–Kier alpha value is -0.830. The predicted molar refractivity (Wildman–Crippen MR) is 30.7 cm³/mol. The third-order valence-corrected chi connectivity index (χ3v) is 1.62. The minimum absolute atomic E-state index is 0.949. The second kappa shape index (κ2) is 1.32. The van der Waals surface area contributed by atoms with E-state index in [1.807, 2.05) is 10.6 Å². The highest BCUT2D eigenvalue weighted by atomic mass is 32.1. The summed E-state index contributed by atoms with van der Waals surface area (Å²) in [6, 6.07) is 0. The van der Waals surface area contributed by atoms with Gasteiger partial charge < -0.3 is 0 Å². The lowest BCUT2D eigenvalue weighted by Crippen LogP contribution is -1.67. The van der Waals surface area contributed by atoms with Crippen molar-refractivity contribution < 1.29 is 0 Å². The standard InChI is InChI=1S/C5H2N2S/c1-2-7-3-4-8-5(7)6-1/h1,3H. The Balaban J connectivity index is 3.06. The van der Waals surface area contributed by atoms with Crippen LogP contribution in [0.5, 0.6) is 0 Å². The third-order valence-electron chi connectivity index (χ3n) is 0.910. The lowest BCUT2D eigenvalue weighted by Gasteiger charge is -1.70. The number of hydrogen-bond acceptors (Lipinski definition) is 2. The van der Waals surface area contributed by atoms with Crippen molar-refractivity contribution in [2.45, 2.75) is 0 Å². The Morgan fingerprint density at radius 2 is 2.75 bits per heavy atom. The fourth-order valence-electron chi connectivity index (χ4n) is 0.563. The molecule has 38 valence electrons. The molecule has 0 saturated carbocycles. The zero-order valence-electron chi connectivity index (χ0n) is 3.96. The maximum Gasteiger partial charge on any atom is 0.194 e. The zero-order chi connectivity index (χ0) is 5.40. The van der Waals surface area contributed by atoms with Gasteiger partial charge in [-0.3, -0.25) is 4.40 Å². The average Bonchev–Trinajstić information content (AvgIpc) is 2.15. The van der Waals surface area contributed by atoms with Crippen molar-refractivity contribution in [2.24, 2.45) is 0 Å². The molecule has 0 saturated heterocycles. The van der Waals surface area contributed by atoms with Gasteiger partial charge in [0, 0.05) is 6.20 Å². The van der Waals surface area contributed by atoms with Gasteiger partial charge in [0.1, 0.15) is 0 Å². The fourth-order valence-corrected chi connectivity index (χ4v) is 1.14.